The molecular weight excluding hydrogens is 307 g/mol. The van der Waals surface area contributed by atoms with E-state index in [0.717, 1.165) is 0 Å². The number of hydrogen-bond donors (Lipinski definition) is 2. The molecule has 0 atom stereocenters. The van der Waals surface area contributed by atoms with Gasteiger partial charge in [0.25, 0.3) is 11.8 Å². The summed E-state index contributed by atoms with van der Waals surface area (Å²) in [6, 6.07) is 2.54. The largest absolute Gasteiger partial charge is 0.348 e. The van der Waals surface area contributed by atoms with Gasteiger partial charge in [-0.1, -0.05) is 0 Å². The van der Waals surface area contributed by atoms with Gasteiger partial charge in [0.2, 0.25) is 0 Å². The third-order valence-electron chi connectivity index (χ3n) is 5.21. The van der Waals surface area contributed by atoms with Crippen LogP contribution in [0.2, 0.25) is 0 Å². The van der Waals surface area contributed by atoms with E-state index in [1.807, 2.05) is 0 Å². The first kappa shape index (κ1) is 14.5. The number of halogens is 3. The predicted octanol–water partition coefficient (Wildman–Crippen LogP) is 3.40. The van der Waals surface area contributed by atoms with E-state index in [4.69, 9.17) is 0 Å². The summed E-state index contributed by atoms with van der Waals surface area (Å²) >= 11 is 0. The van der Waals surface area contributed by atoms with E-state index in [1.54, 1.807) is 0 Å². The first-order valence-corrected chi connectivity index (χ1v) is 7.72. The molecular formula is C16H16F3N3O. The number of nitrogens with zero attached hydrogens (tertiary/aromatic N) is 1. The van der Waals surface area contributed by atoms with E-state index in [2.05, 4.69) is 15.3 Å². The van der Waals surface area contributed by atoms with E-state index in [0.29, 0.717) is 31.3 Å². The zero-order valence-corrected chi connectivity index (χ0v) is 12.3. The second-order valence-electron chi connectivity index (χ2n) is 6.65. The SMILES string of the molecule is O=C(NC1CCC2(CC1)CC2(F)F)c1cc2c(F)ccnc2[nH]1. The lowest BCUT2D eigenvalue weighted by atomic mass is 9.83. The molecule has 0 saturated heterocycles. The second kappa shape index (κ2) is 4.72. The minimum atomic E-state index is -2.53. The number of fused-ring (bicyclic) bond motifs is 1. The maximum Gasteiger partial charge on any atom is 0.267 e. The summed E-state index contributed by atoms with van der Waals surface area (Å²) in [6.07, 6.45) is 3.28. The molecule has 0 bridgehead atoms. The van der Waals surface area contributed by atoms with Gasteiger partial charge in [-0.3, -0.25) is 4.79 Å². The summed E-state index contributed by atoms with van der Waals surface area (Å²) in [4.78, 5) is 19.0. The highest BCUT2D eigenvalue weighted by atomic mass is 19.3. The highest BCUT2D eigenvalue weighted by Gasteiger charge is 2.70. The molecule has 0 aliphatic heterocycles. The molecule has 4 rings (SSSR count). The Morgan fingerprint density at radius 3 is 2.65 bits per heavy atom. The molecule has 0 unspecified atom stereocenters. The molecule has 0 radical (unpaired) electrons. The highest BCUT2D eigenvalue weighted by Crippen LogP contribution is 2.67. The number of aromatic amines is 1. The van der Waals surface area contributed by atoms with Crippen LogP contribution in [0.25, 0.3) is 11.0 Å². The van der Waals surface area contributed by atoms with Crippen LogP contribution in [-0.4, -0.2) is 27.8 Å². The summed E-state index contributed by atoms with van der Waals surface area (Å²) in [5, 5.41) is 3.11. The van der Waals surface area contributed by atoms with Crippen molar-refractivity contribution < 1.29 is 18.0 Å². The van der Waals surface area contributed by atoms with Crippen LogP contribution < -0.4 is 5.32 Å². The fraction of sp³-hybridized carbons (Fsp3) is 0.500. The molecule has 23 heavy (non-hydrogen) atoms. The van der Waals surface area contributed by atoms with Gasteiger partial charge in [0.1, 0.15) is 17.2 Å². The molecule has 1 spiro atoms. The van der Waals surface area contributed by atoms with Crippen LogP contribution in [-0.2, 0) is 0 Å². The van der Waals surface area contributed by atoms with Crippen LogP contribution in [0.3, 0.4) is 0 Å². The maximum absolute atomic E-state index is 13.6. The van der Waals surface area contributed by atoms with Gasteiger partial charge in [0, 0.05) is 24.1 Å². The maximum atomic E-state index is 13.6. The highest BCUT2D eigenvalue weighted by molar-refractivity contribution is 5.97. The van der Waals surface area contributed by atoms with Crippen LogP contribution in [0.5, 0.6) is 0 Å². The topological polar surface area (TPSA) is 57.8 Å². The summed E-state index contributed by atoms with van der Waals surface area (Å²) in [5.74, 6) is -3.32. The van der Waals surface area contributed by atoms with Crippen LogP contribution in [0.15, 0.2) is 18.3 Å². The molecule has 0 aromatic carbocycles. The Hall–Kier alpha value is -2.05. The van der Waals surface area contributed by atoms with Crippen molar-refractivity contribution in [2.45, 2.75) is 44.1 Å². The van der Waals surface area contributed by atoms with Gasteiger partial charge >= 0.3 is 0 Å². The fourth-order valence-electron chi connectivity index (χ4n) is 3.62. The molecule has 2 saturated carbocycles. The summed E-state index contributed by atoms with van der Waals surface area (Å²) < 4.78 is 40.3. The third kappa shape index (κ3) is 2.29. The number of aromatic nitrogens is 2. The Morgan fingerprint density at radius 2 is 2.04 bits per heavy atom. The molecule has 2 aromatic rings. The number of amides is 1. The van der Waals surface area contributed by atoms with E-state index >= 15 is 0 Å². The average Bonchev–Trinajstić information content (AvgIpc) is 2.86. The van der Waals surface area contributed by atoms with Gasteiger partial charge in [-0.05, 0) is 37.8 Å². The normalized spacial score (nSPS) is 28.9. The first-order chi connectivity index (χ1) is 10.9. The number of alkyl halides is 2. The molecule has 1 amide bonds. The summed E-state index contributed by atoms with van der Waals surface area (Å²) in [7, 11) is 0. The zero-order chi connectivity index (χ0) is 16.2. The summed E-state index contributed by atoms with van der Waals surface area (Å²) in [6.45, 7) is 0. The quantitative estimate of drug-likeness (QED) is 0.890. The molecule has 2 aliphatic rings. The van der Waals surface area contributed by atoms with Crippen molar-refractivity contribution in [3.63, 3.8) is 0 Å². The van der Waals surface area contributed by atoms with Crippen LogP contribution in [0.4, 0.5) is 13.2 Å². The van der Waals surface area contributed by atoms with Crippen LogP contribution in [0.1, 0.15) is 42.6 Å². The molecule has 4 nitrogen and oxygen atoms in total. The van der Waals surface area contributed by atoms with Crippen molar-refractivity contribution in [2.75, 3.05) is 0 Å². The van der Waals surface area contributed by atoms with Gasteiger partial charge in [-0.15, -0.1) is 0 Å². The van der Waals surface area contributed by atoms with E-state index < -0.39 is 17.2 Å². The molecule has 122 valence electrons. The lowest BCUT2D eigenvalue weighted by molar-refractivity contribution is 0.0435. The van der Waals surface area contributed by atoms with Crippen molar-refractivity contribution in [3.8, 4) is 0 Å². The van der Waals surface area contributed by atoms with Crippen LogP contribution >= 0.6 is 0 Å². The van der Waals surface area contributed by atoms with Crippen molar-refractivity contribution >= 4 is 16.9 Å². The lowest BCUT2D eigenvalue weighted by Gasteiger charge is -2.29. The average molecular weight is 323 g/mol. The zero-order valence-electron chi connectivity index (χ0n) is 12.3. The molecule has 2 heterocycles. The molecule has 7 heteroatoms. The number of H-pyrrole nitrogens is 1. The molecule has 2 aromatic heterocycles. The number of rotatable bonds is 2. The van der Waals surface area contributed by atoms with Gasteiger partial charge in [0.15, 0.2) is 0 Å². The van der Waals surface area contributed by atoms with Crippen molar-refractivity contribution in [1.29, 1.82) is 0 Å². The van der Waals surface area contributed by atoms with Gasteiger partial charge in [0.05, 0.1) is 5.39 Å². The number of nitrogens with one attached hydrogen (secondary N) is 2. The Morgan fingerprint density at radius 1 is 1.35 bits per heavy atom. The van der Waals surface area contributed by atoms with Crippen molar-refractivity contribution in [3.05, 3.63) is 29.8 Å². The fourth-order valence-corrected chi connectivity index (χ4v) is 3.62. The molecule has 2 aliphatic carbocycles. The molecule has 2 N–H and O–H groups in total. The molecule has 2 fully saturated rings. The Kier molecular flexibility index (Phi) is 2.98. The number of carbonyl (C=O) groups excluding carboxylic acids is 1. The van der Waals surface area contributed by atoms with E-state index in [1.165, 1.54) is 18.3 Å². The second-order valence-corrected chi connectivity index (χ2v) is 6.65. The lowest BCUT2D eigenvalue weighted by Crippen LogP contribution is -2.39. The third-order valence-corrected chi connectivity index (χ3v) is 5.21. The van der Waals surface area contributed by atoms with Gasteiger partial charge < -0.3 is 10.3 Å². The predicted molar refractivity (Wildman–Crippen MR) is 77.8 cm³/mol. The van der Waals surface area contributed by atoms with Crippen molar-refractivity contribution in [1.82, 2.24) is 15.3 Å². The minimum Gasteiger partial charge on any atom is -0.348 e. The van der Waals surface area contributed by atoms with E-state index in [9.17, 15) is 18.0 Å². The van der Waals surface area contributed by atoms with E-state index in [-0.39, 0.29) is 29.4 Å². The number of hydrogen-bond acceptors (Lipinski definition) is 2. The van der Waals surface area contributed by atoms with Gasteiger partial charge in [-0.25, -0.2) is 18.2 Å². The smallest absolute Gasteiger partial charge is 0.267 e. The Bertz CT molecular complexity index is 778. The number of pyridine rings is 1. The summed E-state index contributed by atoms with van der Waals surface area (Å²) in [5.41, 5.74) is -0.271. The Labute approximate surface area is 130 Å². The first-order valence-electron chi connectivity index (χ1n) is 7.72. The van der Waals surface area contributed by atoms with Crippen LogP contribution in [0, 0.1) is 11.2 Å². The standard InChI is InChI=1S/C16H16F3N3O/c17-11-3-6-20-13-10(11)7-12(22-13)14(23)21-9-1-4-15(5-2-9)8-16(15,18)19/h3,6-7,9H,1-2,4-5,8H2,(H,20,22)(H,21,23). The van der Waals surface area contributed by atoms with Gasteiger partial charge in [-0.2, -0.15) is 0 Å². The monoisotopic (exact) mass is 323 g/mol. The number of carbonyl (C=O) groups is 1. The minimum absolute atomic E-state index is 0.0202. The Balaban J connectivity index is 1.43. The van der Waals surface area contributed by atoms with Crippen molar-refractivity contribution in [2.24, 2.45) is 5.41 Å².